The molecule has 0 amide bonds. The van der Waals surface area contributed by atoms with Crippen LogP contribution in [-0.2, 0) is 4.79 Å². The van der Waals surface area contributed by atoms with Gasteiger partial charge in [-0.2, -0.15) is 0 Å². The normalized spacial score (nSPS) is 12.5. The van der Waals surface area contributed by atoms with Gasteiger partial charge in [-0.15, -0.1) is 0 Å². The molecule has 1 rings (SSSR count). The SMILES string of the molecule is Cc1ccc(F)c(O)c1C(CN)C(=O)O. The number of nitrogens with two attached hydrogens (primary N) is 1. The van der Waals surface area contributed by atoms with E-state index in [2.05, 4.69) is 0 Å². The number of carboxylic acids is 1. The van der Waals surface area contributed by atoms with Crippen LogP contribution in [0.1, 0.15) is 17.0 Å². The summed E-state index contributed by atoms with van der Waals surface area (Å²) in [5.74, 6) is -3.73. The van der Waals surface area contributed by atoms with E-state index < -0.39 is 23.5 Å². The summed E-state index contributed by atoms with van der Waals surface area (Å²) >= 11 is 0. The predicted octanol–water partition coefficient (Wildman–Crippen LogP) is 0.967. The number of aromatic hydroxyl groups is 1. The average molecular weight is 213 g/mol. The third kappa shape index (κ3) is 2.07. The van der Waals surface area contributed by atoms with Crippen LogP contribution in [0.2, 0.25) is 0 Å². The Hall–Kier alpha value is -1.62. The van der Waals surface area contributed by atoms with Crippen molar-refractivity contribution in [2.45, 2.75) is 12.8 Å². The molecule has 0 heterocycles. The minimum atomic E-state index is -1.18. The minimum Gasteiger partial charge on any atom is -0.505 e. The summed E-state index contributed by atoms with van der Waals surface area (Å²) < 4.78 is 13.0. The molecule has 5 heteroatoms. The lowest BCUT2D eigenvalue weighted by Gasteiger charge is -2.15. The summed E-state index contributed by atoms with van der Waals surface area (Å²) in [6.45, 7) is 1.41. The fourth-order valence-electron chi connectivity index (χ4n) is 1.46. The molecule has 0 radical (unpaired) electrons. The van der Waals surface area contributed by atoms with Gasteiger partial charge in [0.1, 0.15) is 0 Å². The molecule has 0 bridgehead atoms. The number of benzene rings is 1. The highest BCUT2D eigenvalue weighted by molar-refractivity contribution is 5.78. The highest BCUT2D eigenvalue weighted by Gasteiger charge is 2.24. The third-order valence-corrected chi connectivity index (χ3v) is 2.27. The van der Waals surface area contributed by atoms with E-state index in [0.29, 0.717) is 5.56 Å². The lowest BCUT2D eigenvalue weighted by Crippen LogP contribution is -2.22. The van der Waals surface area contributed by atoms with Gasteiger partial charge in [0.05, 0.1) is 5.92 Å². The number of phenols is 1. The Labute approximate surface area is 86.1 Å². The van der Waals surface area contributed by atoms with Gasteiger partial charge in [-0.3, -0.25) is 4.79 Å². The zero-order valence-electron chi connectivity index (χ0n) is 8.20. The summed E-state index contributed by atoms with van der Waals surface area (Å²) in [6.07, 6.45) is 0. The summed E-state index contributed by atoms with van der Waals surface area (Å²) in [5, 5.41) is 18.3. The van der Waals surface area contributed by atoms with Gasteiger partial charge in [-0.25, -0.2) is 4.39 Å². The molecule has 0 saturated heterocycles. The van der Waals surface area contributed by atoms with Gasteiger partial charge in [-0.1, -0.05) is 6.07 Å². The van der Waals surface area contributed by atoms with Crippen LogP contribution >= 0.6 is 0 Å². The van der Waals surface area contributed by atoms with Crippen molar-refractivity contribution in [1.29, 1.82) is 0 Å². The van der Waals surface area contributed by atoms with Crippen molar-refractivity contribution in [2.24, 2.45) is 5.73 Å². The number of phenolic OH excluding ortho intramolecular Hbond substituents is 1. The lowest BCUT2D eigenvalue weighted by atomic mass is 9.94. The van der Waals surface area contributed by atoms with E-state index >= 15 is 0 Å². The average Bonchev–Trinajstić information content (AvgIpc) is 2.18. The molecule has 1 atom stereocenters. The van der Waals surface area contributed by atoms with Crippen LogP contribution in [-0.4, -0.2) is 22.7 Å². The summed E-state index contributed by atoms with van der Waals surface area (Å²) in [7, 11) is 0. The number of hydrogen-bond acceptors (Lipinski definition) is 3. The fraction of sp³-hybridized carbons (Fsp3) is 0.300. The number of hydrogen-bond donors (Lipinski definition) is 3. The molecule has 4 nitrogen and oxygen atoms in total. The number of halogens is 1. The predicted molar refractivity (Wildman–Crippen MR) is 52.2 cm³/mol. The standard InChI is InChI=1S/C10H12FNO3/c1-5-2-3-7(11)9(13)8(5)6(4-12)10(14)15/h2-3,6,13H,4,12H2,1H3,(H,14,15). The highest BCUT2D eigenvalue weighted by Crippen LogP contribution is 2.31. The molecule has 82 valence electrons. The van der Waals surface area contributed by atoms with Crippen molar-refractivity contribution in [2.75, 3.05) is 6.54 Å². The second-order valence-corrected chi connectivity index (χ2v) is 3.25. The van der Waals surface area contributed by atoms with Gasteiger partial charge in [0.2, 0.25) is 0 Å². The maximum atomic E-state index is 13.0. The van der Waals surface area contributed by atoms with Crippen LogP contribution in [0.25, 0.3) is 0 Å². The Morgan fingerprint density at radius 3 is 2.67 bits per heavy atom. The molecule has 1 aromatic rings. The van der Waals surface area contributed by atoms with E-state index in [4.69, 9.17) is 10.8 Å². The van der Waals surface area contributed by atoms with Crippen molar-refractivity contribution in [3.8, 4) is 5.75 Å². The second kappa shape index (κ2) is 4.27. The Bertz CT molecular complexity index is 392. The Morgan fingerprint density at radius 1 is 1.60 bits per heavy atom. The smallest absolute Gasteiger partial charge is 0.312 e. The first-order chi connectivity index (χ1) is 6.99. The van der Waals surface area contributed by atoms with Crippen LogP contribution < -0.4 is 5.73 Å². The van der Waals surface area contributed by atoms with Crippen molar-refractivity contribution >= 4 is 5.97 Å². The van der Waals surface area contributed by atoms with E-state index in [-0.39, 0.29) is 12.1 Å². The molecule has 1 aromatic carbocycles. The van der Waals surface area contributed by atoms with Crippen LogP contribution in [0.3, 0.4) is 0 Å². The molecule has 15 heavy (non-hydrogen) atoms. The largest absolute Gasteiger partial charge is 0.505 e. The number of aryl methyl sites for hydroxylation is 1. The molecule has 0 fully saturated rings. The molecule has 0 spiro atoms. The summed E-state index contributed by atoms with van der Waals surface area (Å²) in [4.78, 5) is 10.8. The topological polar surface area (TPSA) is 83.5 Å². The molecule has 4 N–H and O–H groups in total. The minimum absolute atomic E-state index is 0.0463. The zero-order valence-corrected chi connectivity index (χ0v) is 8.20. The number of carboxylic acid groups (broad SMARTS) is 1. The molecular weight excluding hydrogens is 201 g/mol. The van der Waals surface area contributed by atoms with E-state index in [0.717, 1.165) is 6.07 Å². The van der Waals surface area contributed by atoms with Crippen molar-refractivity contribution in [3.05, 3.63) is 29.1 Å². The lowest BCUT2D eigenvalue weighted by molar-refractivity contribution is -0.138. The van der Waals surface area contributed by atoms with Crippen molar-refractivity contribution < 1.29 is 19.4 Å². The fourth-order valence-corrected chi connectivity index (χ4v) is 1.46. The van der Waals surface area contributed by atoms with E-state index in [1.54, 1.807) is 6.92 Å². The quantitative estimate of drug-likeness (QED) is 0.698. The number of carbonyl (C=O) groups is 1. The van der Waals surface area contributed by atoms with Crippen LogP contribution in [0, 0.1) is 12.7 Å². The molecule has 1 unspecified atom stereocenters. The Balaban J connectivity index is 3.34. The second-order valence-electron chi connectivity index (χ2n) is 3.25. The van der Waals surface area contributed by atoms with Crippen LogP contribution in [0.5, 0.6) is 5.75 Å². The van der Waals surface area contributed by atoms with Gasteiger partial charge in [0.25, 0.3) is 0 Å². The Morgan fingerprint density at radius 2 is 2.20 bits per heavy atom. The number of rotatable bonds is 3. The molecular formula is C10H12FNO3. The maximum absolute atomic E-state index is 13.0. The van der Waals surface area contributed by atoms with Crippen LogP contribution in [0.4, 0.5) is 4.39 Å². The van der Waals surface area contributed by atoms with Gasteiger partial charge < -0.3 is 15.9 Å². The zero-order chi connectivity index (χ0) is 11.6. The maximum Gasteiger partial charge on any atom is 0.312 e. The first kappa shape index (κ1) is 11.5. The van der Waals surface area contributed by atoms with Gasteiger partial charge in [0.15, 0.2) is 11.6 Å². The first-order valence-corrected chi connectivity index (χ1v) is 4.39. The molecule has 0 aliphatic rings. The van der Waals surface area contributed by atoms with Gasteiger partial charge >= 0.3 is 5.97 Å². The van der Waals surface area contributed by atoms with Crippen molar-refractivity contribution in [3.63, 3.8) is 0 Å². The molecule has 0 aliphatic carbocycles. The van der Waals surface area contributed by atoms with E-state index in [9.17, 15) is 14.3 Å². The first-order valence-electron chi connectivity index (χ1n) is 4.39. The van der Waals surface area contributed by atoms with Crippen LogP contribution in [0.15, 0.2) is 12.1 Å². The third-order valence-electron chi connectivity index (χ3n) is 2.27. The molecule has 0 aromatic heterocycles. The van der Waals surface area contributed by atoms with Gasteiger partial charge in [0, 0.05) is 12.1 Å². The molecule has 0 aliphatic heterocycles. The molecule has 0 saturated carbocycles. The van der Waals surface area contributed by atoms with Gasteiger partial charge in [-0.05, 0) is 18.6 Å². The summed E-state index contributed by atoms with van der Waals surface area (Å²) in [5.41, 5.74) is 5.83. The van der Waals surface area contributed by atoms with Crippen molar-refractivity contribution in [1.82, 2.24) is 0 Å². The summed E-state index contributed by atoms with van der Waals surface area (Å²) in [6, 6.07) is 2.50. The number of aliphatic carboxylic acids is 1. The Kier molecular flexibility index (Phi) is 3.26. The van der Waals surface area contributed by atoms with E-state index in [1.807, 2.05) is 0 Å². The monoisotopic (exact) mass is 213 g/mol. The van der Waals surface area contributed by atoms with E-state index in [1.165, 1.54) is 6.07 Å². The highest BCUT2D eigenvalue weighted by atomic mass is 19.1.